The van der Waals surface area contributed by atoms with E-state index in [2.05, 4.69) is 19.2 Å². The van der Waals surface area contributed by atoms with Crippen LogP contribution in [0.15, 0.2) is 36.4 Å². The number of benzene rings is 1. The summed E-state index contributed by atoms with van der Waals surface area (Å²) in [5.41, 5.74) is 3.85. The fourth-order valence-electron chi connectivity index (χ4n) is 4.35. The Hall–Kier alpha value is -2.74. The van der Waals surface area contributed by atoms with Gasteiger partial charge in [-0.3, -0.25) is 4.57 Å². The van der Waals surface area contributed by atoms with Crippen LogP contribution in [-0.4, -0.2) is 32.9 Å². The molecule has 0 bridgehead atoms. The summed E-state index contributed by atoms with van der Waals surface area (Å²) in [6.45, 7) is 6.98. The molecule has 0 spiro atoms. The van der Waals surface area contributed by atoms with Gasteiger partial charge in [0.05, 0.1) is 23.9 Å². The zero-order chi connectivity index (χ0) is 23.8. The summed E-state index contributed by atoms with van der Waals surface area (Å²) in [5.74, 6) is 1.37. The van der Waals surface area contributed by atoms with Crippen molar-refractivity contribution >= 4 is 33.2 Å². The first-order valence-electron chi connectivity index (χ1n) is 11.6. The summed E-state index contributed by atoms with van der Waals surface area (Å²) in [6, 6.07) is 11.0. The molecule has 3 aromatic heterocycles. The standard InChI is InChI=1S/C26H28ClN3O3S/c1-15(2)10-12-33-17-5-3-16(4-6-17)23-24-18-9-11-28-13-20(18)34-26(24)29-19(25(23)27)14-30-21(31)7-8-22(30)32/h3-8,15,28,31-32H,9-14H2,1-2H3. The van der Waals surface area contributed by atoms with Crippen LogP contribution in [0, 0.1) is 5.92 Å². The number of pyridine rings is 1. The van der Waals surface area contributed by atoms with E-state index in [9.17, 15) is 10.2 Å². The predicted molar refractivity (Wildman–Crippen MR) is 137 cm³/mol. The first-order chi connectivity index (χ1) is 16.4. The average Bonchev–Trinajstić information content (AvgIpc) is 3.34. The van der Waals surface area contributed by atoms with E-state index in [1.807, 2.05) is 24.3 Å². The maximum atomic E-state index is 10.2. The molecule has 0 saturated heterocycles. The van der Waals surface area contributed by atoms with E-state index in [0.29, 0.717) is 23.2 Å². The second-order valence-electron chi connectivity index (χ2n) is 9.05. The molecule has 0 atom stereocenters. The monoisotopic (exact) mass is 497 g/mol. The molecule has 178 valence electrons. The first kappa shape index (κ1) is 23.0. The van der Waals surface area contributed by atoms with Crippen LogP contribution in [0.25, 0.3) is 21.3 Å². The van der Waals surface area contributed by atoms with Gasteiger partial charge in [-0.05, 0) is 48.6 Å². The fourth-order valence-corrected chi connectivity index (χ4v) is 5.87. The summed E-state index contributed by atoms with van der Waals surface area (Å²) in [5, 5.41) is 25.4. The van der Waals surface area contributed by atoms with E-state index < -0.39 is 0 Å². The fraction of sp³-hybridized carbons (Fsp3) is 0.346. The van der Waals surface area contributed by atoms with Crippen LogP contribution in [-0.2, 0) is 19.5 Å². The molecule has 4 aromatic rings. The smallest absolute Gasteiger partial charge is 0.194 e. The Balaban J connectivity index is 1.60. The van der Waals surface area contributed by atoms with Gasteiger partial charge in [-0.25, -0.2) is 4.98 Å². The number of hydrogen-bond acceptors (Lipinski definition) is 6. The highest BCUT2D eigenvalue weighted by molar-refractivity contribution is 7.19. The molecule has 5 rings (SSSR count). The number of thiophene rings is 1. The number of hydrogen-bond donors (Lipinski definition) is 3. The molecule has 0 aliphatic carbocycles. The lowest BCUT2D eigenvalue weighted by Crippen LogP contribution is -2.22. The largest absolute Gasteiger partial charge is 0.494 e. The summed E-state index contributed by atoms with van der Waals surface area (Å²) in [6.07, 6.45) is 1.94. The maximum absolute atomic E-state index is 10.2. The Kier molecular flexibility index (Phi) is 6.42. The van der Waals surface area contributed by atoms with Crippen molar-refractivity contribution in [3.05, 3.63) is 57.6 Å². The Bertz CT molecular complexity index is 1310. The van der Waals surface area contributed by atoms with Crippen molar-refractivity contribution in [2.75, 3.05) is 13.2 Å². The molecular weight excluding hydrogens is 470 g/mol. The minimum atomic E-state index is -0.0328. The third-order valence-electron chi connectivity index (χ3n) is 6.22. The third-order valence-corrected chi connectivity index (χ3v) is 7.75. The van der Waals surface area contributed by atoms with Gasteiger partial charge in [0.25, 0.3) is 0 Å². The van der Waals surface area contributed by atoms with Gasteiger partial charge in [0.2, 0.25) is 0 Å². The highest BCUT2D eigenvalue weighted by Gasteiger charge is 2.24. The topological polar surface area (TPSA) is 79.5 Å². The normalized spacial score (nSPS) is 13.5. The van der Waals surface area contributed by atoms with Crippen LogP contribution in [0.2, 0.25) is 5.02 Å². The number of rotatable bonds is 7. The number of nitrogens with zero attached hydrogens (tertiary/aromatic N) is 2. The summed E-state index contributed by atoms with van der Waals surface area (Å²) in [7, 11) is 0. The second kappa shape index (κ2) is 9.49. The van der Waals surface area contributed by atoms with Crippen molar-refractivity contribution in [2.45, 2.75) is 39.8 Å². The van der Waals surface area contributed by atoms with Crippen molar-refractivity contribution in [1.82, 2.24) is 14.9 Å². The van der Waals surface area contributed by atoms with Gasteiger partial charge in [-0.1, -0.05) is 37.6 Å². The molecule has 0 saturated carbocycles. The van der Waals surface area contributed by atoms with E-state index >= 15 is 0 Å². The van der Waals surface area contributed by atoms with Crippen molar-refractivity contribution in [2.24, 2.45) is 5.92 Å². The van der Waals surface area contributed by atoms with Gasteiger partial charge in [-0.2, -0.15) is 0 Å². The maximum Gasteiger partial charge on any atom is 0.194 e. The molecular formula is C26H28ClN3O3S. The Morgan fingerprint density at radius 3 is 2.59 bits per heavy atom. The van der Waals surface area contributed by atoms with Gasteiger partial charge in [0.1, 0.15) is 10.6 Å². The number of aromatic nitrogens is 2. The van der Waals surface area contributed by atoms with E-state index in [-0.39, 0.29) is 18.3 Å². The van der Waals surface area contributed by atoms with E-state index in [1.54, 1.807) is 11.3 Å². The molecule has 8 heteroatoms. The third kappa shape index (κ3) is 4.35. The molecule has 0 unspecified atom stereocenters. The van der Waals surface area contributed by atoms with Crippen LogP contribution in [0.5, 0.6) is 17.5 Å². The zero-order valence-electron chi connectivity index (χ0n) is 19.3. The van der Waals surface area contributed by atoms with Crippen LogP contribution in [0.1, 0.15) is 36.4 Å². The quantitative estimate of drug-likeness (QED) is 0.294. The van der Waals surface area contributed by atoms with Crippen LogP contribution >= 0.6 is 22.9 Å². The van der Waals surface area contributed by atoms with Crippen molar-refractivity contribution in [3.8, 4) is 28.6 Å². The number of aromatic hydroxyl groups is 2. The van der Waals surface area contributed by atoms with Gasteiger partial charge >= 0.3 is 0 Å². The van der Waals surface area contributed by atoms with Crippen molar-refractivity contribution < 1.29 is 14.9 Å². The molecule has 3 N–H and O–H groups in total. The number of nitrogens with one attached hydrogen (secondary N) is 1. The van der Waals surface area contributed by atoms with Gasteiger partial charge < -0.3 is 20.3 Å². The molecule has 6 nitrogen and oxygen atoms in total. The lowest BCUT2D eigenvalue weighted by Gasteiger charge is -2.17. The molecule has 1 aliphatic rings. The predicted octanol–water partition coefficient (Wildman–Crippen LogP) is 5.95. The lowest BCUT2D eigenvalue weighted by atomic mass is 9.96. The van der Waals surface area contributed by atoms with Gasteiger partial charge in [0, 0.05) is 34.5 Å². The minimum absolute atomic E-state index is 0.0328. The highest BCUT2D eigenvalue weighted by atomic mass is 35.5. The molecule has 0 fully saturated rings. The van der Waals surface area contributed by atoms with Crippen LogP contribution in [0.3, 0.4) is 0 Å². The summed E-state index contributed by atoms with van der Waals surface area (Å²) >= 11 is 8.70. The Morgan fingerprint density at radius 1 is 1.15 bits per heavy atom. The van der Waals surface area contributed by atoms with Crippen molar-refractivity contribution in [1.29, 1.82) is 0 Å². The molecule has 4 heterocycles. The van der Waals surface area contributed by atoms with E-state index in [0.717, 1.165) is 53.0 Å². The number of fused-ring (bicyclic) bond motifs is 3. The molecule has 34 heavy (non-hydrogen) atoms. The second-order valence-corrected chi connectivity index (χ2v) is 10.5. The lowest BCUT2D eigenvalue weighted by molar-refractivity contribution is 0.289. The van der Waals surface area contributed by atoms with E-state index in [4.69, 9.17) is 21.3 Å². The molecule has 1 aliphatic heterocycles. The zero-order valence-corrected chi connectivity index (χ0v) is 20.8. The SMILES string of the molecule is CC(C)CCOc1ccc(-c2c(Cl)c(Cn3c(O)ccc3O)nc3sc4c(c23)CCNC4)cc1. The number of ether oxygens (including phenoxy) is 1. The summed E-state index contributed by atoms with van der Waals surface area (Å²) in [4.78, 5) is 7.09. The van der Waals surface area contributed by atoms with Crippen LogP contribution < -0.4 is 10.1 Å². The summed E-state index contributed by atoms with van der Waals surface area (Å²) < 4.78 is 7.30. The average molecular weight is 498 g/mol. The number of halogens is 1. The minimum Gasteiger partial charge on any atom is -0.494 e. The Morgan fingerprint density at radius 2 is 1.88 bits per heavy atom. The van der Waals surface area contributed by atoms with E-state index in [1.165, 1.54) is 27.1 Å². The molecule has 0 amide bonds. The van der Waals surface area contributed by atoms with Gasteiger partial charge in [-0.15, -0.1) is 11.3 Å². The van der Waals surface area contributed by atoms with Gasteiger partial charge in [0.15, 0.2) is 11.8 Å². The highest BCUT2D eigenvalue weighted by Crippen LogP contribution is 2.44. The van der Waals surface area contributed by atoms with Crippen molar-refractivity contribution in [3.63, 3.8) is 0 Å². The first-order valence-corrected chi connectivity index (χ1v) is 12.8. The Labute approximate surface area is 207 Å². The molecule has 1 aromatic carbocycles. The van der Waals surface area contributed by atoms with Crippen LogP contribution in [0.4, 0.5) is 0 Å². The molecule has 0 radical (unpaired) electrons.